The number of nitrogens with one attached hydrogen (secondary N) is 1. The van der Waals surface area contributed by atoms with Crippen molar-refractivity contribution in [3.8, 4) is 5.75 Å². The van der Waals surface area contributed by atoms with Gasteiger partial charge in [0, 0.05) is 25.5 Å². The number of para-hydroxylation sites is 2. The second-order valence-corrected chi connectivity index (χ2v) is 4.59. The molecule has 0 aliphatic heterocycles. The van der Waals surface area contributed by atoms with Gasteiger partial charge in [-0.1, -0.05) is 12.1 Å². The SMILES string of the molecule is CCNc1ccnc(CN(C)c2ccccc2OC)c1. The molecule has 2 rings (SSSR count). The highest BCUT2D eigenvalue weighted by atomic mass is 16.5. The summed E-state index contributed by atoms with van der Waals surface area (Å²) in [5.41, 5.74) is 3.19. The molecule has 0 radical (unpaired) electrons. The fraction of sp³-hybridized carbons (Fsp3) is 0.312. The Morgan fingerprint density at radius 3 is 2.80 bits per heavy atom. The van der Waals surface area contributed by atoms with E-state index in [0.29, 0.717) is 0 Å². The summed E-state index contributed by atoms with van der Waals surface area (Å²) in [5.74, 6) is 0.873. The van der Waals surface area contributed by atoms with Crippen LogP contribution in [0.2, 0.25) is 0 Å². The van der Waals surface area contributed by atoms with E-state index in [-0.39, 0.29) is 0 Å². The Morgan fingerprint density at radius 1 is 1.25 bits per heavy atom. The standard InChI is InChI=1S/C16H21N3O/c1-4-17-13-9-10-18-14(11-13)12-19(2)15-7-5-6-8-16(15)20-3/h5-11H,4,12H2,1-3H3,(H,17,18). The molecule has 0 fully saturated rings. The summed E-state index contributed by atoms with van der Waals surface area (Å²) in [5, 5.41) is 3.30. The van der Waals surface area contributed by atoms with E-state index < -0.39 is 0 Å². The zero-order valence-electron chi connectivity index (χ0n) is 12.3. The molecule has 0 bridgehead atoms. The fourth-order valence-electron chi connectivity index (χ4n) is 2.15. The number of aromatic nitrogens is 1. The van der Waals surface area contributed by atoms with Gasteiger partial charge in [-0.15, -0.1) is 0 Å². The average Bonchev–Trinajstić information content (AvgIpc) is 2.48. The molecule has 1 aromatic carbocycles. The van der Waals surface area contributed by atoms with Crippen LogP contribution < -0.4 is 15.0 Å². The first-order chi connectivity index (χ1) is 9.74. The Balaban J connectivity index is 2.14. The van der Waals surface area contributed by atoms with Crippen molar-refractivity contribution in [1.82, 2.24) is 4.98 Å². The molecule has 4 heteroatoms. The van der Waals surface area contributed by atoms with Crippen molar-refractivity contribution in [2.75, 3.05) is 30.9 Å². The number of pyridine rings is 1. The van der Waals surface area contributed by atoms with Crippen LogP contribution in [0.25, 0.3) is 0 Å². The molecule has 0 unspecified atom stereocenters. The molecule has 0 saturated heterocycles. The Kier molecular flexibility index (Phi) is 4.82. The van der Waals surface area contributed by atoms with E-state index in [1.807, 2.05) is 43.6 Å². The molecular formula is C16H21N3O. The normalized spacial score (nSPS) is 10.2. The van der Waals surface area contributed by atoms with Crippen LogP contribution in [0.1, 0.15) is 12.6 Å². The average molecular weight is 271 g/mol. The number of nitrogens with zero attached hydrogens (tertiary/aromatic N) is 2. The van der Waals surface area contributed by atoms with Crippen LogP contribution in [0.15, 0.2) is 42.6 Å². The minimum absolute atomic E-state index is 0.736. The number of hydrogen-bond donors (Lipinski definition) is 1. The zero-order valence-corrected chi connectivity index (χ0v) is 12.3. The number of rotatable bonds is 6. The summed E-state index contributed by atoms with van der Waals surface area (Å²) in [4.78, 5) is 6.56. The van der Waals surface area contributed by atoms with Crippen LogP contribution in [-0.2, 0) is 6.54 Å². The van der Waals surface area contributed by atoms with Crippen LogP contribution in [0.3, 0.4) is 0 Å². The molecule has 1 aromatic heterocycles. The highest BCUT2D eigenvalue weighted by molar-refractivity contribution is 5.58. The maximum atomic E-state index is 5.39. The monoisotopic (exact) mass is 271 g/mol. The Labute approximate surface area is 120 Å². The van der Waals surface area contributed by atoms with Gasteiger partial charge in [0.15, 0.2) is 0 Å². The molecule has 0 saturated carbocycles. The molecule has 20 heavy (non-hydrogen) atoms. The predicted molar refractivity (Wildman–Crippen MR) is 83.5 cm³/mol. The van der Waals surface area contributed by atoms with Crippen molar-refractivity contribution in [1.29, 1.82) is 0 Å². The van der Waals surface area contributed by atoms with Gasteiger partial charge in [0.1, 0.15) is 5.75 Å². The lowest BCUT2D eigenvalue weighted by Crippen LogP contribution is -2.18. The van der Waals surface area contributed by atoms with Gasteiger partial charge in [0.2, 0.25) is 0 Å². The summed E-state index contributed by atoms with van der Waals surface area (Å²) < 4.78 is 5.39. The van der Waals surface area contributed by atoms with Crippen LogP contribution in [0.4, 0.5) is 11.4 Å². The maximum Gasteiger partial charge on any atom is 0.142 e. The van der Waals surface area contributed by atoms with Gasteiger partial charge in [0.05, 0.1) is 25.0 Å². The third-order valence-corrected chi connectivity index (χ3v) is 3.09. The van der Waals surface area contributed by atoms with Crippen LogP contribution >= 0.6 is 0 Å². The highest BCUT2D eigenvalue weighted by Crippen LogP contribution is 2.27. The van der Waals surface area contributed by atoms with Crippen molar-refractivity contribution < 1.29 is 4.74 Å². The molecule has 4 nitrogen and oxygen atoms in total. The van der Waals surface area contributed by atoms with Gasteiger partial charge in [-0.05, 0) is 31.2 Å². The highest BCUT2D eigenvalue weighted by Gasteiger charge is 2.08. The quantitative estimate of drug-likeness (QED) is 0.875. The van der Waals surface area contributed by atoms with Gasteiger partial charge in [-0.3, -0.25) is 4.98 Å². The lowest BCUT2D eigenvalue weighted by molar-refractivity contribution is 0.414. The van der Waals surface area contributed by atoms with Crippen LogP contribution in [-0.4, -0.2) is 25.7 Å². The van der Waals surface area contributed by atoms with Gasteiger partial charge in [0.25, 0.3) is 0 Å². The largest absolute Gasteiger partial charge is 0.495 e. The lowest BCUT2D eigenvalue weighted by atomic mass is 10.2. The van der Waals surface area contributed by atoms with E-state index in [1.165, 1.54) is 0 Å². The predicted octanol–water partition coefficient (Wildman–Crippen LogP) is 3.16. The minimum Gasteiger partial charge on any atom is -0.495 e. The van der Waals surface area contributed by atoms with Crippen molar-refractivity contribution in [3.05, 3.63) is 48.3 Å². The van der Waals surface area contributed by atoms with Gasteiger partial charge in [-0.25, -0.2) is 0 Å². The summed E-state index contributed by atoms with van der Waals surface area (Å²) in [6.45, 7) is 3.73. The van der Waals surface area contributed by atoms with Gasteiger partial charge < -0.3 is 15.0 Å². The Bertz CT molecular complexity index is 557. The molecule has 0 spiro atoms. The third-order valence-electron chi connectivity index (χ3n) is 3.09. The molecule has 1 heterocycles. The summed E-state index contributed by atoms with van der Waals surface area (Å²) in [6, 6.07) is 12.1. The molecule has 0 aliphatic carbocycles. The van der Waals surface area contributed by atoms with Crippen LogP contribution in [0.5, 0.6) is 5.75 Å². The van der Waals surface area contributed by atoms with Crippen molar-refractivity contribution in [3.63, 3.8) is 0 Å². The van der Waals surface area contributed by atoms with Gasteiger partial charge >= 0.3 is 0 Å². The second kappa shape index (κ2) is 6.80. The summed E-state index contributed by atoms with van der Waals surface area (Å²) in [6.07, 6.45) is 1.84. The van der Waals surface area contributed by atoms with Gasteiger partial charge in [-0.2, -0.15) is 0 Å². The molecule has 2 aromatic rings. The van der Waals surface area contributed by atoms with Crippen molar-refractivity contribution in [2.24, 2.45) is 0 Å². The Hall–Kier alpha value is -2.23. The van der Waals surface area contributed by atoms with E-state index in [4.69, 9.17) is 4.74 Å². The third kappa shape index (κ3) is 3.41. The molecule has 1 N–H and O–H groups in total. The van der Waals surface area contributed by atoms with E-state index in [9.17, 15) is 0 Å². The van der Waals surface area contributed by atoms with Crippen molar-refractivity contribution in [2.45, 2.75) is 13.5 Å². The van der Waals surface area contributed by atoms with E-state index in [0.717, 1.165) is 35.9 Å². The minimum atomic E-state index is 0.736. The molecule has 106 valence electrons. The molecule has 0 amide bonds. The smallest absolute Gasteiger partial charge is 0.142 e. The number of hydrogen-bond acceptors (Lipinski definition) is 4. The summed E-state index contributed by atoms with van der Waals surface area (Å²) in [7, 11) is 3.73. The van der Waals surface area contributed by atoms with E-state index in [1.54, 1.807) is 7.11 Å². The number of ether oxygens (including phenoxy) is 1. The maximum absolute atomic E-state index is 5.39. The first-order valence-corrected chi connectivity index (χ1v) is 6.77. The number of anilines is 2. The van der Waals surface area contributed by atoms with Crippen molar-refractivity contribution >= 4 is 11.4 Å². The zero-order chi connectivity index (χ0) is 14.4. The van der Waals surface area contributed by atoms with E-state index in [2.05, 4.69) is 28.2 Å². The Morgan fingerprint density at radius 2 is 2.05 bits per heavy atom. The molecule has 0 atom stereocenters. The molecular weight excluding hydrogens is 250 g/mol. The van der Waals surface area contributed by atoms with Crippen LogP contribution in [0, 0.1) is 0 Å². The first kappa shape index (κ1) is 14.2. The summed E-state index contributed by atoms with van der Waals surface area (Å²) >= 11 is 0. The topological polar surface area (TPSA) is 37.4 Å². The first-order valence-electron chi connectivity index (χ1n) is 6.77. The second-order valence-electron chi connectivity index (χ2n) is 4.59. The lowest BCUT2D eigenvalue weighted by Gasteiger charge is -2.21. The van der Waals surface area contributed by atoms with E-state index >= 15 is 0 Å². The fourth-order valence-corrected chi connectivity index (χ4v) is 2.15. The number of benzene rings is 1. The molecule has 0 aliphatic rings. The number of methoxy groups -OCH3 is 1.